The van der Waals surface area contributed by atoms with E-state index in [1.165, 1.54) is 0 Å². The molecule has 33 heavy (non-hydrogen) atoms. The van der Waals surface area contributed by atoms with Crippen molar-refractivity contribution in [2.45, 2.75) is 18.9 Å². The Kier molecular flexibility index (Phi) is 6.43. The first-order valence-electron chi connectivity index (χ1n) is 11.0. The highest BCUT2D eigenvalue weighted by molar-refractivity contribution is 5.81. The summed E-state index contributed by atoms with van der Waals surface area (Å²) in [5.41, 5.74) is 2.70. The Morgan fingerprint density at radius 3 is 2.30 bits per heavy atom. The molecule has 8 heteroatoms. The van der Waals surface area contributed by atoms with Crippen molar-refractivity contribution in [2.75, 3.05) is 39.2 Å². The lowest BCUT2D eigenvalue weighted by molar-refractivity contribution is 0.248. The van der Waals surface area contributed by atoms with Crippen molar-refractivity contribution in [3.05, 3.63) is 58.6 Å². The molecule has 0 amide bonds. The molecular formula is C25H28N6O2. The van der Waals surface area contributed by atoms with Gasteiger partial charge in [0.05, 0.1) is 18.4 Å². The molecule has 0 N–H and O–H groups in total. The third-order valence-corrected chi connectivity index (χ3v) is 6.27. The van der Waals surface area contributed by atoms with Gasteiger partial charge in [0.2, 0.25) is 5.95 Å². The van der Waals surface area contributed by atoms with Crippen LogP contribution in [-0.4, -0.2) is 59.8 Å². The molecule has 1 aliphatic rings. The van der Waals surface area contributed by atoms with E-state index in [9.17, 15) is 4.79 Å². The van der Waals surface area contributed by atoms with Crippen molar-refractivity contribution < 1.29 is 4.74 Å². The van der Waals surface area contributed by atoms with E-state index < -0.39 is 0 Å². The monoisotopic (exact) mass is 444 g/mol. The minimum absolute atomic E-state index is 0.126. The molecule has 2 aromatic heterocycles. The normalized spacial score (nSPS) is 14.4. The van der Waals surface area contributed by atoms with Gasteiger partial charge in [0.25, 0.3) is 5.56 Å². The lowest BCUT2D eigenvalue weighted by Crippen LogP contribution is -2.44. The predicted molar refractivity (Wildman–Crippen MR) is 128 cm³/mol. The standard InChI is InChI=1S/C25H28N6O2/c1-29(2)20-11-13-31(14-12-20)25-28-23(18-5-8-19(15-26)27-16-18)22(24(32)30(25)3)17-6-9-21(33-4)10-7-17/h5-10,16,20H,11-14H2,1-4H3. The smallest absolute Gasteiger partial charge is 0.263 e. The Balaban J connectivity index is 1.84. The summed E-state index contributed by atoms with van der Waals surface area (Å²) >= 11 is 0. The molecule has 0 radical (unpaired) electrons. The Morgan fingerprint density at radius 1 is 1.09 bits per heavy atom. The molecule has 8 nitrogen and oxygen atoms in total. The van der Waals surface area contributed by atoms with Crippen molar-refractivity contribution in [3.63, 3.8) is 0 Å². The van der Waals surface area contributed by atoms with Crippen LogP contribution in [0.1, 0.15) is 18.5 Å². The van der Waals surface area contributed by atoms with Crippen molar-refractivity contribution in [1.82, 2.24) is 19.4 Å². The quantitative estimate of drug-likeness (QED) is 0.598. The van der Waals surface area contributed by atoms with Crippen LogP contribution in [0.2, 0.25) is 0 Å². The molecule has 0 bridgehead atoms. The lowest BCUT2D eigenvalue weighted by atomic mass is 10.0. The maximum Gasteiger partial charge on any atom is 0.263 e. The van der Waals surface area contributed by atoms with Gasteiger partial charge >= 0.3 is 0 Å². The molecule has 0 saturated carbocycles. The molecule has 1 saturated heterocycles. The molecular weight excluding hydrogens is 416 g/mol. The van der Waals surface area contributed by atoms with Gasteiger partial charge in [-0.15, -0.1) is 0 Å². The number of ether oxygens (including phenoxy) is 1. The van der Waals surface area contributed by atoms with Gasteiger partial charge < -0.3 is 14.5 Å². The van der Waals surface area contributed by atoms with Gasteiger partial charge in [0, 0.05) is 37.9 Å². The van der Waals surface area contributed by atoms with E-state index in [1.54, 1.807) is 37.1 Å². The molecule has 0 unspecified atom stereocenters. The Morgan fingerprint density at radius 2 is 1.76 bits per heavy atom. The van der Waals surface area contributed by atoms with E-state index in [2.05, 4.69) is 28.9 Å². The molecule has 0 aliphatic carbocycles. The average molecular weight is 445 g/mol. The highest BCUT2D eigenvalue weighted by atomic mass is 16.5. The Hall–Kier alpha value is -3.70. The highest BCUT2D eigenvalue weighted by Crippen LogP contribution is 2.31. The van der Waals surface area contributed by atoms with Crippen LogP contribution in [0.15, 0.2) is 47.4 Å². The van der Waals surface area contributed by atoms with E-state index in [0.29, 0.717) is 40.3 Å². The second-order valence-corrected chi connectivity index (χ2v) is 8.45. The third-order valence-electron chi connectivity index (χ3n) is 6.27. The number of hydrogen-bond acceptors (Lipinski definition) is 7. The summed E-state index contributed by atoms with van der Waals surface area (Å²) in [5.74, 6) is 1.36. The summed E-state index contributed by atoms with van der Waals surface area (Å²) in [5, 5.41) is 9.13. The first-order valence-corrected chi connectivity index (χ1v) is 11.0. The fourth-order valence-electron chi connectivity index (χ4n) is 4.28. The summed E-state index contributed by atoms with van der Waals surface area (Å²) in [7, 11) is 7.59. The first kappa shape index (κ1) is 22.5. The van der Waals surface area contributed by atoms with Crippen molar-refractivity contribution >= 4 is 5.95 Å². The molecule has 1 aromatic carbocycles. The molecule has 0 atom stereocenters. The molecule has 4 rings (SSSR count). The van der Waals surface area contributed by atoms with Crippen LogP contribution in [0.4, 0.5) is 5.95 Å². The van der Waals surface area contributed by atoms with Gasteiger partial charge in [-0.2, -0.15) is 5.26 Å². The molecule has 3 aromatic rings. The van der Waals surface area contributed by atoms with E-state index in [4.69, 9.17) is 15.0 Å². The Labute approximate surface area is 193 Å². The van der Waals surface area contributed by atoms with Crippen LogP contribution in [0.5, 0.6) is 5.75 Å². The topological polar surface area (TPSA) is 87.3 Å². The van der Waals surface area contributed by atoms with Crippen molar-refractivity contribution in [3.8, 4) is 34.2 Å². The van der Waals surface area contributed by atoms with Crippen molar-refractivity contribution in [1.29, 1.82) is 5.26 Å². The molecule has 3 heterocycles. The fraction of sp³-hybridized carbons (Fsp3) is 0.360. The summed E-state index contributed by atoms with van der Waals surface area (Å²) in [6.07, 6.45) is 3.63. The summed E-state index contributed by atoms with van der Waals surface area (Å²) in [4.78, 5) is 27.3. The van der Waals surface area contributed by atoms with Crippen LogP contribution >= 0.6 is 0 Å². The van der Waals surface area contributed by atoms with Crippen molar-refractivity contribution in [2.24, 2.45) is 7.05 Å². The van der Waals surface area contributed by atoms with Gasteiger partial charge in [-0.05, 0) is 56.8 Å². The fourth-order valence-corrected chi connectivity index (χ4v) is 4.28. The molecule has 0 spiro atoms. The number of nitriles is 1. The van der Waals surface area contributed by atoms with Crippen LogP contribution in [0.25, 0.3) is 22.4 Å². The van der Waals surface area contributed by atoms with Crippen LogP contribution < -0.4 is 15.2 Å². The number of aromatic nitrogens is 3. The number of methoxy groups -OCH3 is 1. The maximum absolute atomic E-state index is 13.7. The highest BCUT2D eigenvalue weighted by Gasteiger charge is 2.26. The number of nitrogens with zero attached hydrogens (tertiary/aromatic N) is 6. The van der Waals surface area contributed by atoms with Gasteiger partial charge in [0.1, 0.15) is 17.5 Å². The van der Waals surface area contributed by atoms with Gasteiger partial charge in [-0.1, -0.05) is 12.1 Å². The van der Waals surface area contributed by atoms with Gasteiger partial charge in [-0.3, -0.25) is 9.36 Å². The summed E-state index contributed by atoms with van der Waals surface area (Å²) < 4.78 is 6.91. The number of rotatable bonds is 5. The summed E-state index contributed by atoms with van der Waals surface area (Å²) in [6.45, 7) is 1.66. The largest absolute Gasteiger partial charge is 0.497 e. The number of piperidine rings is 1. The second kappa shape index (κ2) is 9.43. The lowest BCUT2D eigenvalue weighted by Gasteiger charge is -2.36. The number of pyridine rings is 1. The zero-order chi connectivity index (χ0) is 23.5. The van der Waals surface area contributed by atoms with E-state index in [-0.39, 0.29) is 5.56 Å². The van der Waals surface area contributed by atoms with Gasteiger partial charge in [-0.25, -0.2) is 9.97 Å². The van der Waals surface area contributed by atoms with Crippen LogP contribution in [0, 0.1) is 11.3 Å². The summed E-state index contributed by atoms with van der Waals surface area (Å²) in [6, 6.07) is 13.4. The van der Waals surface area contributed by atoms with E-state index in [1.807, 2.05) is 30.3 Å². The van der Waals surface area contributed by atoms with Crippen LogP contribution in [0.3, 0.4) is 0 Å². The minimum atomic E-state index is -0.126. The molecule has 1 aliphatic heterocycles. The van der Waals surface area contributed by atoms with E-state index >= 15 is 0 Å². The molecule has 170 valence electrons. The predicted octanol–water partition coefficient (Wildman–Crippen LogP) is 2.92. The zero-order valence-electron chi connectivity index (χ0n) is 19.4. The average Bonchev–Trinajstić information content (AvgIpc) is 2.86. The first-order chi connectivity index (χ1) is 15.9. The number of benzene rings is 1. The number of hydrogen-bond donors (Lipinski definition) is 0. The molecule has 1 fully saturated rings. The Bertz CT molecular complexity index is 1220. The number of anilines is 1. The van der Waals surface area contributed by atoms with E-state index in [0.717, 1.165) is 31.5 Å². The second-order valence-electron chi connectivity index (χ2n) is 8.45. The van der Waals surface area contributed by atoms with Gasteiger partial charge in [0.15, 0.2) is 0 Å². The van der Waals surface area contributed by atoms with Crippen LogP contribution in [-0.2, 0) is 7.05 Å². The third kappa shape index (κ3) is 4.45. The minimum Gasteiger partial charge on any atom is -0.497 e. The zero-order valence-corrected chi connectivity index (χ0v) is 19.4. The maximum atomic E-state index is 13.7. The SMILES string of the molecule is COc1ccc(-c2c(-c3ccc(C#N)nc3)nc(N3CCC(N(C)C)CC3)n(C)c2=O)cc1.